The van der Waals surface area contributed by atoms with Crippen LogP contribution in [0.25, 0.3) is 0 Å². The van der Waals surface area contributed by atoms with Gasteiger partial charge in [0.05, 0.1) is 0 Å². The fraction of sp³-hybridized carbons (Fsp3) is 0. The molecule has 6 heteroatoms. The molecule has 1 aromatic rings. The predicted octanol–water partition coefficient (Wildman–Crippen LogP) is -1.44. The van der Waals surface area contributed by atoms with Crippen LogP contribution in [0.4, 0.5) is 0 Å². The molecule has 62 valence electrons. The summed E-state index contributed by atoms with van der Waals surface area (Å²) in [5, 5.41) is 17.6. The second kappa shape index (κ2) is 2.67. The Morgan fingerprint density at radius 3 is 2.67 bits per heavy atom. The lowest BCUT2D eigenvalue weighted by atomic mass is 9.80. The summed E-state index contributed by atoms with van der Waals surface area (Å²) < 4.78 is 0. The summed E-state index contributed by atoms with van der Waals surface area (Å²) >= 11 is 0. The van der Waals surface area contributed by atoms with Crippen LogP contribution in [-0.2, 0) is 0 Å². The van der Waals surface area contributed by atoms with Crippen molar-refractivity contribution in [3.8, 4) is 11.5 Å². The van der Waals surface area contributed by atoms with Gasteiger partial charge in [-0.05, 0) is 17.6 Å². The van der Waals surface area contributed by atoms with Gasteiger partial charge in [0.2, 0.25) is 0 Å². The molecule has 0 saturated carbocycles. The van der Waals surface area contributed by atoms with Crippen LogP contribution in [0, 0.1) is 0 Å². The average molecular weight is 167 g/mol. The zero-order chi connectivity index (χ0) is 8.55. The number of nitrogens with one attached hydrogen (secondary N) is 1. The van der Waals surface area contributed by atoms with Crippen molar-refractivity contribution in [1.29, 1.82) is 0 Å². The first-order valence-electron chi connectivity index (χ1n) is 3.36. The molecule has 0 spiro atoms. The summed E-state index contributed by atoms with van der Waals surface area (Å²) in [6, 6.07) is 4.62. The summed E-state index contributed by atoms with van der Waals surface area (Å²) in [7, 11) is -1.49. The molecular weight excluding hydrogens is 161 g/mol. The Hall–Kier alpha value is -1.24. The summed E-state index contributed by atoms with van der Waals surface area (Å²) in [5.74, 6) is 0.972. The minimum absolute atomic E-state index is 0.362. The van der Waals surface area contributed by atoms with Crippen LogP contribution in [0.1, 0.15) is 0 Å². The first-order valence-corrected chi connectivity index (χ1v) is 3.36. The molecular formula is C6H6BNO4. The normalized spacial score (nSPS) is 13.2. The lowest BCUT2D eigenvalue weighted by molar-refractivity contribution is 0.0260. The molecule has 1 aliphatic heterocycles. The third kappa shape index (κ3) is 1.12. The third-order valence-electron chi connectivity index (χ3n) is 1.57. The molecule has 0 aromatic heterocycles. The van der Waals surface area contributed by atoms with E-state index in [0.717, 1.165) is 0 Å². The van der Waals surface area contributed by atoms with Crippen molar-refractivity contribution in [3.05, 3.63) is 18.2 Å². The second-order valence-electron chi connectivity index (χ2n) is 2.37. The molecule has 3 N–H and O–H groups in total. The topological polar surface area (TPSA) is 71.0 Å². The minimum Gasteiger partial charge on any atom is -0.423 e. The van der Waals surface area contributed by atoms with Gasteiger partial charge in [0.25, 0.3) is 0 Å². The number of rotatable bonds is 1. The van der Waals surface area contributed by atoms with Crippen LogP contribution >= 0.6 is 0 Å². The van der Waals surface area contributed by atoms with Crippen LogP contribution in [0.3, 0.4) is 0 Å². The van der Waals surface area contributed by atoms with Gasteiger partial charge in [0, 0.05) is 5.64 Å². The molecule has 0 aliphatic carbocycles. The van der Waals surface area contributed by atoms with Crippen molar-refractivity contribution < 1.29 is 19.7 Å². The second-order valence-corrected chi connectivity index (χ2v) is 2.37. The summed E-state index contributed by atoms with van der Waals surface area (Å²) in [5.41, 5.74) is 2.55. The lowest BCUT2D eigenvalue weighted by Crippen LogP contribution is -2.29. The van der Waals surface area contributed by atoms with E-state index in [1.807, 2.05) is 0 Å². The maximum absolute atomic E-state index is 8.79. The number of fused-ring (bicyclic) bond motifs is 1. The SMILES string of the molecule is OB(O)c1ccc2c(c1)ONO2. The van der Waals surface area contributed by atoms with Gasteiger partial charge in [-0.3, -0.25) is 0 Å². The number of hydrogen-bond donors (Lipinski definition) is 3. The lowest BCUT2D eigenvalue weighted by Gasteiger charge is -1.98. The molecule has 0 amide bonds. The van der Waals surface area contributed by atoms with E-state index >= 15 is 0 Å². The fourth-order valence-corrected chi connectivity index (χ4v) is 0.960. The van der Waals surface area contributed by atoms with Gasteiger partial charge < -0.3 is 19.7 Å². The molecule has 1 aromatic carbocycles. The van der Waals surface area contributed by atoms with E-state index in [9.17, 15) is 0 Å². The van der Waals surface area contributed by atoms with Crippen molar-refractivity contribution in [2.75, 3.05) is 0 Å². The van der Waals surface area contributed by atoms with E-state index in [2.05, 4.69) is 5.64 Å². The van der Waals surface area contributed by atoms with Gasteiger partial charge in [-0.15, -0.1) is 0 Å². The van der Waals surface area contributed by atoms with Gasteiger partial charge in [0.15, 0.2) is 11.5 Å². The maximum Gasteiger partial charge on any atom is 0.488 e. The molecule has 2 rings (SSSR count). The summed E-state index contributed by atoms with van der Waals surface area (Å²) in [4.78, 5) is 9.59. The molecule has 1 heterocycles. The Bertz CT molecular complexity index is 304. The van der Waals surface area contributed by atoms with Crippen LogP contribution in [0.5, 0.6) is 11.5 Å². The molecule has 1 aliphatic rings. The average Bonchev–Trinajstić information content (AvgIpc) is 2.49. The highest BCUT2D eigenvalue weighted by Gasteiger charge is 2.18. The Labute approximate surface area is 68.6 Å². The highest BCUT2D eigenvalue weighted by Crippen LogP contribution is 2.27. The molecule has 0 radical (unpaired) electrons. The summed E-state index contributed by atoms with van der Waals surface area (Å²) in [6.07, 6.45) is 0. The van der Waals surface area contributed by atoms with Crippen molar-refractivity contribution in [2.24, 2.45) is 0 Å². The third-order valence-corrected chi connectivity index (χ3v) is 1.57. The van der Waals surface area contributed by atoms with E-state index in [-0.39, 0.29) is 0 Å². The molecule has 0 saturated heterocycles. The van der Waals surface area contributed by atoms with Crippen molar-refractivity contribution in [3.63, 3.8) is 0 Å². The number of benzene rings is 1. The monoisotopic (exact) mass is 167 g/mol. The molecule has 0 atom stereocenters. The predicted molar refractivity (Wildman–Crippen MR) is 40.7 cm³/mol. The Morgan fingerprint density at radius 2 is 1.92 bits per heavy atom. The van der Waals surface area contributed by atoms with Crippen LogP contribution in [0.2, 0.25) is 0 Å². The van der Waals surface area contributed by atoms with Gasteiger partial charge in [-0.2, -0.15) is 0 Å². The minimum atomic E-state index is -1.49. The van der Waals surface area contributed by atoms with Crippen molar-refractivity contribution >= 4 is 12.6 Å². The molecule has 5 nitrogen and oxygen atoms in total. The largest absolute Gasteiger partial charge is 0.488 e. The van der Waals surface area contributed by atoms with Crippen molar-refractivity contribution in [1.82, 2.24) is 5.64 Å². The van der Waals surface area contributed by atoms with Crippen LogP contribution < -0.4 is 20.8 Å². The number of hydrogen-bond acceptors (Lipinski definition) is 5. The Kier molecular flexibility index (Phi) is 1.65. The molecule has 0 fully saturated rings. The molecule has 0 bridgehead atoms. The summed E-state index contributed by atoms with van der Waals surface area (Å²) in [6.45, 7) is 0. The van der Waals surface area contributed by atoms with E-state index < -0.39 is 7.12 Å². The highest BCUT2D eigenvalue weighted by molar-refractivity contribution is 6.58. The van der Waals surface area contributed by atoms with E-state index in [1.165, 1.54) is 6.07 Å². The fourth-order valence-electron chi connectivity index (χ4n) is 0.960. The van der Waals surface area contributed by atoms with Crippen molar-refractivity contribution in [2.45, 2.75) is 0 Å². The van der Waals surface area contributed by atoms with Gasteiger partial charge in [-0.1, -0.05) is 6.07 Å². The van der Waals surface area contributed by atoms with E-state index in [1.54, 1.807) is 12.1 Å². The Morgan fingerprint density at radius 1 is 1.17 bits per heavy atom. The first kappa shape index (κ1) is 7.42. The highest BCUT2D eigenvalue weighted by atomic mass is 16.9. The first-order chi connectivity index (χ1) is 5.77. The molecule has 0 unspecified atom stereocenters. The van der Waals surface area contributed by atoms with Gasteiger partial charge in [0.1, 0.15) is 0 Å². The zero-order valence-corrected chi connectivity index (χ0v) is 6.02. The molecule has 12 heavy (non-hydrogen) atoms. The Balaban J connectivity index is 2.39. The zero-order valence-electron chi connectivity index (χ0n) is 6.02. The van der Waals surface area contributed by atoms with Crippen LogP contribution in [0.15, 0.2) is 18.2 Å². The van der Waals surface area contributed by atoms with Gasteiger partial charge in [-0.25, -0.2) is 0 Å². The standard InChI is InChI=1S/C6H6BNO4/c9-7(10)4-1-2-5-6(3-4)12-8-11-5/h1-3,8-10H. The smallest absolute Gasteiger partial charge is 0.423 e. The van der Waals surface area contributed by atoms with Gasteiger partial charge >= 0.3 is 7.12 Å². The maximum atomic E-state index is 8.79. The van der Waals surface area contributed by atoms with E-state index in [4.69, 9.17) is 19.7 Å². The van der Waals surface area contributed by atoms with E-state index in [0.29, 0.717) is 17.0 Å². The van der Waals surface area contributed by atoms with Crippen LogP contribution in [-0.4, -0.2) is 17.2 Å². The quantitative estimate of drug-likeness (QED) is 0.446.